The van der Waals surface area contributed by atoms with Crippen molar-refractivity contribution in [3.05, 3.63) is 70.1 Å². The second-order valence-electron chi connectivity index (χ2n) is 6.68. The van der Waals surface area contributed by atoms with Crippen LogP contribution in [-0.4, -0.2) is 27.5 Å². The zero-order valence-electron chi connectivity index (χ0n) is 16.4. The quantitative estimate of drug-likeness (QED) is 0.524. The fourth-order valence-electron chi connectivity index (χ4n) is 2.98. The van der Waals surface area contributed by atoms with Gasteiger partial charge < -0.3 is 14.5 Å². The molecule has 0 spiro atoms. The SMILES string of the molecule is CCc1cc(=O)oc2cc(OCC(=O)NCCc3ccc(S(N)(=O)=O)cc3)ccc12. The molecular weight excluding hydrogens is 408 g/mol. The molecule has 0 aliphatic heterocycles. The molecule has 3 N–H and O–H groups in total. The Kier molecular flexibility index (Phi) is 6.53. The first-order valence-corrected chi connectivity index (χ1v) is 10.9. The minimum absolute atomic E-state index is 0.0426. The normalized spacial score (nSPS) is 11.4. The zero-order chi connectivity index (χ0) is 21.7. The van der Waals surface area contributed by atoms with Gasteiger partial charge in [0.25, 0.3) is 5.91 Å². The summed E-state index contributed by atoms with van der Waals surface area (Å²) < 4.78 is 33.2. The van der Waals surface area contributed by atoms with Crippen molar-refractivity contribution in [3.8, 4) is 5.75 Å². The highest BCUT2D eigenvalue weighted by Crippen LogP contribution is 2.23. The summed E-state index contributed by atoms with van der Waals surface area (Å²) in [6.07, 6.45) is 1.23. The molecule has 1 aromatic heterocycles. The Balaban J connectivity index is 1.51. The molecule has 3 rings (SSSR count). The maximum Gasteiger partial charge on any atom is 0.336 e. The largest absolute Gasteiger partial charge is 0.484 e. The molecule has 0 radical (unpaired) electrons. The number of sulfonamides is 1. The van der Waals surface area contributed by atoms with Gasteiger partial charge in [0.2, 0.25) is 10.0 Å². The van der Waals surface area contributed by atoms with Gasteiger partial charge in [0.15, 0.2) is 6.61 Å². The minimum atomic E-state index is -3.72. The number of nitrogens with two attached hydrogens (primary N) is 1. The number of fused-ring (bicyclic) bond motifs is 1. The van der Waals surface area contributed by atoms with E-state index >= 15 is 0 Å². The molecule has 0 aliphatic rings. The fourth-order valence-corrected chi connectivity index (χ4v) is 3.50. The number of aryl methyl sites for hydroxylation is 1. The topological polar surface area (TPSA) is 129 Å². The number of amides is 1. The van der Waals surface area contributed by atoms with E-state index in [-0.39, 0.29) is 17.4 Å². The van der Waals surface area contributed by atoms with Crippen LogP contribution in [0.15, 0.2) is 62.6 Å². The highest BCUT2D eigenvalue weighted by molar-refractivity contribution is 7.89. The van der Waals surface area contributed by atoms with E-state index in [0.717, 1.165) is 16.5 Å². The monoisotopic (exact) mass is 430 g/mol. The van der Waals surface area contributed by atoms with Crippen LogP contribution in [-0.2, 0) is 27.7 Å². The molecule has 1 heterocycles. The second kappa shape index (κ2) is 9.10. The van der Waals surface area contributed by atoms with Crippen molar-refractivity contribution >= 4 is 26.9 Å². The maximum absolute atomic E-state index is 12.0. The van der Waals surface area contributed by atoms with Gasteiger partial charge >= 0.3 is 5.63 Å². The predicted molar refractivity (Wildman–Crippen MR) is 112 cm³/mol. The van der Waals surface area contributed by atoms with Crippen LogP contribution in [0.1, 0.15) is 18.1 Å². The molecule has 9 heteroatoms. The molecule has 0 bridgehead atoms. The highest BCUT2D eigenvalue weighted by Gasteiger charge is 2.09. The summed E-state index contributed by atoms with van der Waals surface area (Å²) >= 11 is 0. The molecule has 0 atom stereocenters. The summed E-state index contributed by atoms with van der Waals surface area (Å²) in [5.41, 5.74) is 1.74. The minimum Gasteiger partial charge on any atom is -0.484 e. The standard InChI is InChI=1S/C21H22N2O6S/c1-2-15-11-21(25)29-19-12-16(5-8-18(15)19)28-13-20(24)23-10-9-14-3-6-17(7-4-14)30(22,26)27/h3-8,11-12H,2,9-10,13H2,1H3,(H,23,24)(H2,22,26,27). The summed E-state index contributed by atoms with van der Waals surface area (Å²) in [6.45, 7) is 2.13. The molecule has 1 amide bonds. The van der Waals surface area contributed by atoms with Gasteiger partial charge in [-0.15, -0.1) is 0 Å². The number of rotatable bonds is 8. The Morgan fingerprint density at radius 3 is 2.53 bits per heavy atom. The maximum atomic E-state index is 12.0. The first-order valence-electron chi connectivity index (χ1n) is 9.34. The number of carbonyl (C=O) groups is 1. The van der Waals surface area contributed by atoms with Crippen molar-refractivity contribution in [2.24, 2.45) is 5.14 Å². The van der Waals surface area contributed by atoms with E-state index in [9.17, 15) is 18.0 Å². The van der Waals surface area contributed by atoms with Crippen LogP contribution in [0.2, 0.25) is 0 Å². The lowest BCUT2D eigenvalue weighted by molar-refractivity contribution is -0.123. The Morgan fingerprint density at radius 2 is 1.87 bits per heavy atom. The average molecular weight is 430 g/mol. The number of nitrogens with one attached hydrogen (secondary N) is 1. The summed E-state index contributed by atoms with van der Waals surface area (Å²) in [4.78, 5) is 23.7. The van der Waals surface area contributed by atoms with Crippen molar-refractivity contribution in [2.75, 3.05) is 13.2 Å². The van der Waals surface area contributed by atoms with E-state index in [0.29, 0.717) is 30.7 Å². The molecule has 0 unspecified atom stereocenters. The van der Waals surface area contributed by atoms with Crippen LogP contribution < -0.4 is 20.8 Å². The molecule has 0 aliphatic carbocycles. The third-order valence-corrected chi connectivity index (χ3v) is 5.47. The number of benzene rings is 2. The van der Waals surface area contributed by atoms with Crippen LogP contribution >= 0.6 is 0 Å². The van der Waals surface area contributed by atoms with E-state index in [4.69, 9.17) is 14.3 Å². The smallest absolute Gasteiger partial charge is 0.336 e. The molecule has 2 aromatic carbocycles. The Bertz CT molecular complexity index is 1220. The van der Waals surface area contributed by atoms with Crippen molar-refractivity contribution in [1.82, 2.24) is 5.32 Å². The van der Waals surface area contributed by atoms with Crippen LogP contribution in [0, 0.1) is 0 Å². The Labute approximate surface area is 173 Å². The molecule has 3 aromatic rings. The molecule has 0 fully saturated rings. The van der Waals surface area contributed by atoms with Gasteiger partial charge in [0.05, 0.1) is 4.90 Å². The summed E-state index contributed by atoms with van der Waals surface area (Å²) in [7, 11) is -3.72. The van der Waals surface area contributed by atoms with E-state index in [1.54, 1.807) is 30.3 Å². The fraction of sp³-hybridized carbons (Fsp3) is 0.238. The van der Waals surface area contributed by atoms with Gasteiger partial charge in [-0.1, -0.05) is 19.1 Å². The number of ether oxygens (including phenoxy) is 1. The number of primary sulfonamides is 1. The van der Waals surface area contributed by atoms with Crippen LogP contribution in [0.4, 0.5) is 0 Å². The van der Waals surface area contributed by atoms with E-state index in [1.165, 1.54) is 18.2 Å². The van der Waals surface area contributed by atoms with Crippen molar-refractivity contribution in [3.63, 3.8) is 0 Å². The van der Waals surface area contributed by atoms with Crippen LogP contribution in [0.25, 0.3) is 11.0 Å². The lowest BCUT2D eigenvalue weighted by Crippen LogP contribution is -2.30. The van der Waals surface area contributed by atoms with Crippen molar-refractivity contribution in [1.29, 1.82) is 0 Å². The van der Waals surface area contributed by atoms with Gasteiger partial charge in [-0.2, -0.15) is 0 Å². The van der Waals surface area contributed by atoms with E-state index < -0.39 is 15.6 Å². The average Bonchev–Trinajstić information content (AvgIpc) is 2.71. The predicted octanol–water partition coefficient (Wildman–Crippen LogP) is 1.74. The lowest BCUT2D eigenvalue weighted by atomic mass is 10.1. The number of hydrogen-bond acceptors (Lipinski definition) is 6. The van der Waals surface area contributed by atoms with Crippen molar-refractivity contribution < 1.29 is 22.4 Å². The molecular formula is C21H22N2O6S. The third-order valence-electron chi connectivity index (χ3n) is 4.54. The van der Waals surface area contributed by atoms with Gasteiger partial charge in [-0.25, -0.2) is 18.4 Å². The van der Waals surface area contributed by atoms with Gasteiger partial charge in [-0.3, -0.25) is 4.79 Å². The second-order valence-corrected chi connectivity index (χ2v) is 8.24. The van der Waals surface area contributed by atoms with Crippen molar-refractivity contribution in [2.45, 2.75) is 24.7 Å². The van der Waals surface area contributed by atoms with Gasteiger partial charge in [0.1, 0.15) is 11.3 Å². The highest BCUT2D eigenvalue weighted by atomic mass is 32.2. The Hall–Kier alpha value is -3.17. The number of carbonyl (C=O) groups excluding carboxylic acids is 1. The number of hydrogen-bond donors (Lipinski definition) is 2. The molecule has 30 heavy (non-hydrogen) atoms. The lowest BCUT2D eigenvalue weighted by Gasteiger charge is -2.09. The van der Waals surface area contributed by atoms with E-state index in [2.05, 4.69) is 5.32 Å². The molecule has 0 saturated heterocycles. The molecule has 158 valence electrons. The summed E-state index contributed by atoms with van der Waals surface area (Å²) in [5, 5.41) is 8.63. The van der Waals surface area contributed by atoms with Gasteiger partial charge in [-0.05, 0) is 48.2 Å². The molecule has 8 nitrogen and oxygen atoms in total. The third kappa shape index (κ3) is 5.46. The first kappa shape index (κ1) is 21.5. The Morgan fingerprint density at radius 1 is 1.13 bits per heavy atom. The van der Waals surface area contributed by atoms with Crippen LogP contribution in [0.3, 0.4) is 0 Å². The van der Waals surface area contributed by atoms with Crippen LogP contribution in [0.5, 0.6) is 5.75 Å². The summed E-state index contributed by atoms with van der Waals surface area (Å²) in [6, 6.07) is 12.7. The van der Waals surface area contributed by atoms with Gasteiger partial charge in [0, 0.05) is 24.1 Å². The zero-order valence-corrected chi connectivity index (χ0v) is 17.2. The van der Waals surface area contributed by atoms with E-state index in [1.807, 2.05) is 6.92 Å². The first-order chi connectivity index (χ1) is 14.3. The molecule has 0 saturated carbocycles. The summed E-state index contributed by atoms with van der Waals surface area (Å²) in [5.74, 6) is 0.118.